The second-order valence-electron chi connectivity index (χ2n) is 0.875. The van der Waals surface area contributed by atoms with E-state index in [0.717, 1.165) is 0 Å². The third-order valence-corrected chi connectivity index (χ3v) is 0. The van der Waals surface area contributed by atoms with Crippen molar-refractivity contribution >= 4 is 0 Å². The van der Waals surface area contributed by atoms with Crippen molar-refractivity contribution in [2.24, 2.45) is 0 Å². The second kappa shape index (κ2) is 1.51. The third kappa shape index (κ3) is 270. The summed E-state index contributed by atoms with van der Waals surface area (Å²) in [5.41, 5.74) is 0. The fraction of sp³-hybridized carbons (Fsp3) is 0. The van der Waals surface area contributed by atoms with Crippen molar-refractivity contribution in [3.8, 4) is 0 Å². The Morgan fingerprint density at radius 3 is 0.625 bits per heavy atom. The zero-order valence-corrected chi connectivity index (χ0v) is 8.95. The first kappa shape index (κ1) is 11.7. The van der Waals surface area contributed by atoms with Gasteiger partial charge in [0.05, 0.1) is 0 Å². The van der Waals surface area contributed by atoms with Crippen LogP contribution >= 0.6 is 0 Å². The molecule has 8 heavy (non-hydrogen) atoms. The molecular formula is F6W2. The van der Waals surface area contributed by atoms with Crippen LogP contribution in [0.5, 0.6) is 0 Å². The summed E-state index contributed by atoms with van der Waals surface area (Å²) in [4.78, 5) is 0. The summed E-state index contributed by atoms with van der Waals surface area (Å²) >= 11 is -11.3. The Labute approximate surface area is 56.9 Å². The van der Waals surface area contributed by atoms with Crippen molar-refractivity contribution in [2.75, 3.05) is 0 Å². The van der Waals surface area contributed by atoms with Crippen LogP contribution in [0.4, 0.5) is 18.9 Å². The van der Waals surface area contributed by atoms with Crippen molar-refractivity contribution in [1.82, 2.24) is 0 Å². The van der Waals surface area contributed by atoms with Crippen LogP contribution in [-0.4, -0.2) is 0 Å². The summed E-state index contributed by atoms with van der Waals surface area (Å²) in [7, 11) is 0. The summed E-state index contributed by atoms with van der Waals surface area (Å²) < 4.78 is 59.6. The quantitative estimate of drug-likeness (QED) is 0.467. The van der Waals surface area contributed by atoms with Gasteiger partial charge in [-0.15, -0.1) is 0 Å². The van der Waals surface area contributed by atoms with Gasteiger partial charge in [0.1, 0.15) is 0 Å². The first-order valence-electron chi connectivity index (χ1n) is 0.926. The van der Waals surface area contributed by atoms with Crippen molar-refractivity contribution < 1.29 is 56.7 Å². The minimum absolute atomic E-state index is 0. The molecule has 0 aliphatic heterocycles. The molecular weight excluding hydrogens is 482 g/mol. The Kier molecular flexibility index (Phi) is 2.21. The predicted molar refractivity (Wildman–Crippen MR) is 6.65 cm³/mol. The zero-order valence-electron chi connectivity index (χ0n) is 3.08. The van der Waals surface area contributed by atoms with Gasteiger partial charge < -0.3 is 0 Å². The molecule has 0 bridgehead atoms. The van der Waals surface area contributed by atoms with Gasteiger partial charge in [0.2, 0.25) is 0 Å². The maximum absolute atomic E-state index is 11.3. The van der Waals surface area contributed by atoms with Gasteiger partial charge in [-0.25, -0.2) is 0 Å². The van der Waals surface area contributed by atoms with E-state index >= 15 is 0 Å². The Morgan fingerprint density at radius 2 is 0.625 bits per heavy atom. The summed E-state index contributed by atoms with van der Waals surface area (Å²) in [5, 5.41) is 0. The van der Waals surface area contributed by atoms with E-state index in [2.05, 4.69) is 0 Å². The van der Waals surface area contributed by atoms with Crippen LogP contribution < -0.4 is 0 Å². The van der Waals surface area contributed by atoms with E-state index < -0.39 is 16.7 Å². The predicted octanol–water partition coefficient (Wildman–Crippen LogP) is 2.52. The van der Waals surface area contributed by atoms with Crippen LogP contribution in [0.3, 0.4) is 0 Å². The van der Waals surface area contributed by atoms with Gasteiger partial charge in [0, 0.05) is 21.1 Å². The molecule has 0 heterocycles. The third-order valence-electron chi connectivity index (χ3n) is 0. The fourth-order valence-corrected chi connectivity index (χ4v) is 0. The maximum atomic E-state index is 9.93. The van der Waals surface area contributed by atoms with Crippen LogP contribution in [-0.2, 0) is 37.8 Å². The molecule has 0 saturated heterocycles. The van der Waals surface area contributed by atoms with Gasteiger partial charge in [0.25, 0.3) is 0 Å². The summed E-state index contributed by atoms with van der Waals surface area (Å²) in [6.45, 7) is 0. The van der Waals surface area contributed by atoms with Crippen molar-refractivity contribution in [3.63, 3.8) is 0 Å². The van der Waals surface area contributed by atoms with Crippen molar-refractivity contribution in [3.05, 3.63) is 0 Å². The van der Waals surface area contributed by atoms with Crippen LogP contribution in [0.2, 0.25) is 0 Å². The topological polar surface area (TPSA) is 0 Å². The summed E-state index contributed by atoms with van der Waals surface area (Å²) in [6.07, 6.45) is 0. The number of rotatable bonds is 0. The number of halogens is 6. The molecule has 0 N–H and O–H groups in total. The van der Waals surface area contributed by atoms with E-state index in [1.807, 2.05) is 0 Å². The molecule has 0 aromatic rings. The first-order chi connectivity index (χ1) is 2.45. The van der Waals surface area contributed by atoms with E-state index in [1.54, 1.807) is 0 Å². The molecule has 0 aliphatic carbocycles. The normalized spacial score (nSPS) is 20.2. The molecule has 0 fully saturated rings. The zero-order chi connectivity index (χ0) is 6.41. The first-order valence-corrected chi connectivity index (χ1v) is 7.58. The van der Waals surface area contributed by atoms with Gasteiger partial charge in [-0.05, 0) is 0 Å². The summed E-state index contributed by atoms with van der Waals surface area (Å²) in [5.74, 6) is 0. The van der Waals surface area contributed by atoms with E-state index in [1.165, 1.54) is 0 Å². The molecule has 0 aliphatic rings. The molecule has 0 aromatic carbocycles. The van der Waals surface area contributed by atoms with E-state index in [0.29, 0.717) is 0 Å². The van der Waals surface area contributed by atoms with Crippen molar-refractivity contribution in [2.45, 2.75) is 0 Å². The molecule has 0 amide bonds. The van der Waals surface area contributed by atoms with Gasteiger partial charge in [-0.2, -0.15) is 0 Å². The number of hydrogen-bond acceptors (Lipinski definition) is 0. The smallest absolute Gasteiger partial charge is 0 e. The average Bonchev–Trinajstić information content (AvgIpc) is 0.592. The van der Waals surface area contributed by atoms with Gasteiger partial charge in [-0.3, -0.25) is 0 Å². The molecule has 0 atom stereocenters. The molecule has 0 unspecified atom stereocenters. The van der Waals surface area contributed by atoms with E-state index in [-0.39, 0.29) is 21.1 Å². The van der Waals surface area contributed by atoms with Crippen LogP contribution in [0.15, 0.2) is 0 Å². The minimum atomic E-state index is -11.3. The molecule has 0 aromatic heterocycles. The van der Waals surface area contributed by atoms with Crippen LogP contribution in [0.1, 0.15) is 0 Å². The molecule has 54 valence electrons. The Hall–Kier alpha value is 0.957. The Morgan fingerprint density at radius 1 is 0.625 bits per heavy atom. The number of hydrogen-bond donors (Lipinski definition) is 0. The largest absolute Gasteiger partial charge is 0 e. The van der Waals surface area contributed by atoms with Gasteiger partial charge in [0.15, 0.2) is 0 Å². The molecule has 0 nitrogen and oxygen atoms in total. The monoisotopic (exact) mass is 482 g/mol. The van der Waals surface area contributed by atoms with Gasteiger partial charge in [-0.1, -0.05) is 0 Å². The van der Waals surface area contributed by atoms with Crippen LogP contribution in [0, 0.1) is 0 Å². The SMILES string of the molecule is [F][W]([F])([F])([F])([F])[F].[W]. The second-order valence-corrected chi connectivity index (χ2v) is 7.16. The molecule has 0 radical (unpaired) electrons. The van der Waals surface area contributed by atoms with E-state index in [9.17, 15) is 18.9 Å². The van der Waals surface area contributed by atoms with Crippen molar-refractivity contribution in [1.29, 1.82) is 0 Å². The standard InChI is InChI=1S/6FH.2W/h6*1H;;/q;;;;;;;+6/p-6. The molecule has 8 heteroatoms. The molecule has 0 saturated carbocycles. The Balaban J connectivity index is 0. The molecule has 0 rings (SSSR count). The van der Waals surface area contributed by atoms with E-state index in [4.69, 9.17) is 0 Å². The fourth-order valence-electron chi connectivity index (χ4n) is 0. The summed E-state index contributed by atoms with van der Waals surface area (Å²) in [6, 6.07) is 0. The van der Waals surface area contributed by atoms with Gasteiger partial charge >= 0.3 is 35.7 Å². The maximum Gasteiger partial charge on any atom is 0 e. The Bertz CT molecular complexity index is 65.1. The van der Waals surface area contributed by atoms with Crippen LogP contribution in [0.25, 0.3) is 0 Å². The minimum Gasteiger partial charge on any atom is 0 e. The molecule has 0 spiro atoms. The average molecular weight is 482 g/mol.